The zero-order valence-corrected chi connectivity index (χ0v) is 20.1. The van der Waals surface area contributed by atoms with Crippen molar-refractivity contribution in [1.82, 2.24) is 15.2 Å². The van der Waals surface area contributed by atoms with E-state index in [0.29, 0.717) is 17.8 Å². The number of aromatic nitrogens is 1. The van der Waals surface area contributed by atoms with Crippen LogP contribution in [0.1, 0.15) is 47.6 Å². The summed E-state index contributed by atoms with van der Waals surface area (Å²) in [6, 6.07) is 18.0. The third kappa shape index (κ3) is 5.13. The number of amides is 2. The molecular weight excluding hydrogens is 424 g/mol. The number of hydrogen-bond donors (Lipinski definition) is 3. The Balaban J connectivity index is 1.47. The Hall–Kier alpha value is -3.64. The zero-order chi connectivity index (χ0) is 24.1. The normalized spacial score (nSPS) is 13.9. The van der Waals surface area contributed by atoms with Crippen LogP contribution in [0.25, 0.3) is 22.8 Å². The number of benzene rings is 2. The van der Waals surface area contributed by atoms with E-state index >= 15 is 0 Å². The molecule has 3 N–H and O–H groups in total. The summed E-state index contributed by atoms with van der Waals surface area (Å²) in [5.41, 5.74) is 6.52. The molecule has 3 aromatic rings. The van der Waals surface area contributed by atoms with Crippen molar-refractivity contribution in [2.45, 2.75) is 27.2 Å². The van der Waals surface area contributed by atoms with E-state index in [2.05, 4.69) is 34.4 Å². The lowest BCUT2D eigenvalue weighted by molar-refractivity contribution is -0.110. The molecule has 0 fully saturated rings. The van der Waals surface area contributed by atoms with Crippen LogP contribution in [0.2, 0.25) is 0 Å². The van der Waals surface area contributed by atoms with Gasteiger partial charge < -0.3 is 20.5 Å². The first-order valence-electron chi connectivity index (χ1n) is 11.9. The van der Waals surface area contributed by atoms with Crippen molar-refractivity contribution >= 4 is 29.2 Å². The lowest BCUT2D eigenvalue weighted by atomic mass is 10.00. The van der Waals surface area contributed by atoms with Gasteiger partial charge in [-0.3, -0.25) is 9.59 Å². The van der Waals surface area contributed by atoms with Crippen molar-refractivity contribution in [3.63, 3.8) is 0 Å². The summed E-state index contributed by atoms with van der Waals surface area (Å²) in [5.74, 6) is -0.264. The van der Waals surface area contributed by atoms with Crippen LogP contribution < -0.4 is 10.6 Å². The summed E-state index contributed by atoms with van der Waals surface area (Å²) in [6.07, 6.45) is 2.72. The number of aromatic amines is 1. The number of nitrogens with one attached hydrogen (secondary N) is 3. The van der Waals surface area contributed by atoms with Gasteiger partial charge in [-0.05, 0) is 67.9 Å². The Kier molecular flexibility index (Phi) is 7.28. The van der Waals surface area contributed by atoms with E-state index in [4.69, 9.17) is 0 Å². The van der Waals surface area contributed by atoms with Gasteiger partial charge in [0.1, 0.15) is 5.69 Å². The molecule has 2 amide bonds. The number of nitrogens with zero attached hydrogens (tertiary/aromatic N) is 1. The predicted octanol–water partition coefficient (Wildman–Crippen LogP) is 4.94. The van der Waals surface area contributed by atoms with Crippen LogP contribution in [-0.2, 0) is 4.79 Å². The van der Waals surface area contributed by atoms with E-state index < -0.39 is 0 Å². The largest absolute Gasteiger partial charge is 0.351 e. The maximum absolute atomic E-state index is 12.7. The Morgan fingerprint density at radius 2 is 1.79 bits per heavy atom. The average molecular weight is 457 g/mol. The van der Waals surface area contributed by atoms with Crippen LogP contribution >= 0.6 is 0 Å². The van der Waals surface area contributed by atoms with Crippen molar-refractivity contribution in [3.8, 4) is 11.1 Å². The van der Waals surface area contributed by atoms with Gasteiger partial charge >= 0.3 is 0 Å². The van der Waals surface area contributed by atoms with Crippen LogP contribution in [0, 0.1) is 6.92 Å². The number of aryl methyl sites for hydroxylation is 1. The molecule has 0 atom stereocenters. The SMILES string of the molecule is CCN(CC)CCCNC(=O)c1[nH]c(C=C2C(=O)Nc3cc(-c4ccccc4)ccc32)cc1C. The highest BCUT2D eigenvalue weighted by Gasteiger charge is 2.25. The van der Waals surface area contributed by atoms with Crippen LogP contribution in [0.5, 0.6) is 0 Å². The van der Waals surface area contributed by atoms with Crippen molar-refractivity contribution in [2.75, 3.05) is 31.5 Å². The van der Waals surface area contributed by atoms with Crippen LogP contribution in [0.3, 0.4) is 0 Å². The fourth-order valence-electron chi connectivity index (χ4n) is 4.33. The van der Waals surface area contributed by atoms with Gasteiger partial charge in [0.25, 0.3) is 11.8 Å². The Morgan fingerprint density at radius 3 is 2.53 bits per heavy atom. The molecular formula is C28H32N4O2. The molecule has 4 rings (SSSR count). The third-order valence-electron chi connectivity index (χ3n) is 6.30. The fourth-order valence-corrected chi connectivity index (χ4v) is 4.33. The minimum Gasteiger partial charge on any atom is -0.351 e. The summed E-state index contributed by atoms with van der Waals surface area (Å²) >= 11 is 0. The molecule has 34 heavy (non-hydrogen) atoms. The Labute approximate surface area is 201 Å². The molecule has 2 aromatic carbocycles. The summed E-state index contributed by atoms with van der Waals surface area (Å²) < 4.78 is 0. The van der Waals surface area contributed by atoms with E-state index in [1.165, 1.54) is 0 Å². The lowest BCUT2D eigenvalue weighted by Crippen LogP contribution is -2.30. The lowest BCUT2D eigenvalue weighted by Gasteiger charge is -2.17. The molecule has 1 aliphatic heterocycles. The number of carbonyl (C=O) groups excluding carboxylic acids is 2. The van der Waals surface area contributed by atoms with Gasteiger partial charge in [0.15, 0.2) is 0 Å². The van der Waals surface area contributed by atoms with E-state index in [9.17, 15) is 9.59 Å². The van der Waals surface area contributed by atoms with Gasteiger partial charge in [-0.15, -0.1) is 0 Å². The molecule has 0 unspecified atom stereocenters. The highest BCUT2D eigenvalue weighted by molar-refractivity contribution is 6.35. The smallest absolute Gasteiger partial charge is 0.267 e. The Bertz CT molecular complexity index is 1210. The summed E-state index contributed by atoms with van der Waals surface area (Å²) in [5, 5.41) is 5.97. The molecule has 0 spiro atoms. The van der Waals surface area contributed by atoms with E-state index in [1.54, 1.807) is 0 Å². The summed E-state index contributed by atoms with van der Waals surface area (Å²) in [7, 11) is 0. The molecule has 0 aliphatic carbocycles. The van der Waals surface area contributed by atoms with Gasteiger partial charge in [-0.2, -0.15) is 0 Å². The molecule has 0 saturated carbocycles. The molecule has 1 aromatic heterocycles. The topological polar surface area (TPSA) is 77.2 Å². The molecule has 0 saturated heterocycles. The van der Waals surface area contributed by atoms with Gasteiger partial charge in [0, 0.05) is 23.5 Å². The van der Waals surface area contributed by atoms with Gasteiger partial charge in [-0.25, -0.2) is 0 Å². The maximum atomic E-state index is 12.7. The highest BCUT2D eigenvalue weighted by Crippen LogP contribution is 2.36. The second-order valence-electron chi connectivity index (χ2n) is 8.56. The van der Waals surface area contributed by atoms with Crippen LogP contribution in [0.15, 0.2) is 54.6 Å². The highest BCUT2D eigenvalue weighted by atomic mass is 16.2. The van der Waals surface area contributed by atoms with Gasteiger partial charge in [0.05, 0.1) is 5.57 Å². The van der Waals surface area contributed by atoms with E-state index in [1.807, 2.05) is 67.6 Å². The average Bonchev–Trinajstić information content (AvgIpc) is 3.38. The van der Waals surface area contributed by atoms with Crippen molar-refractivity contribution < 1.29 is 9.59 Å². The third-order valence-corrected chi connectivity index (χ3v) is 6.30. The standard InChI is InChI=1S/C28H32N4O2/c1-4-32(5-2)15-9-14-29-28(34)26-19(3)16-22(30-26)18-24-23-13-12-21(17-25(23)31-27(24)33)20-10-7-6-8-11-20/h6-8,10-13,16-18,30H,4-5,9,14-15H2,1-3H3,(H,29,34)(H,31,33). The fraction of sp³-hybridized carbons (Fsp3) is 0.286. The number of fused-ring (bicyclic) bond motifs is 1. The molecule has 0 radical (unpaired) electrons. The van der Waals surface area contributed by atoms with Crippen molar-refractivity contribution in [1.29, 1.82) is 0 Å². The number of carbonyl (C=O) groups is 2. The minimum atomic E-state index is -0.144. The van der Waals surface area contributed by atoms with E-state index in [0.717, 1.165) is 59.7 Å². The molecule has 6 nitrogen and oxygen atoms in total. The first-order chi connectivity index (χ1) is 16.5. The van der Waals surface area contributed by atoms with E-state index in [-0.39, 0.29) is 11.8 Å². The minimum absolute atomic E-state index is 0.120. The van der Waals surface area contributed by atoms with Gasteiger partial charge in [-0.1, -0.05) is 56.3 Å². The summed E-state index contributed by atoms with van der Waals surface area (Å²) in [6.45, 7) is 9.82. The van der Waals surface area contributed by atoms with Crippen LogP contribution in [-0.4, -0.2) is 47.9 Å². The number of hydrogen-bond acceptors (Lipinski definition) is 3. The maximum Gasteiger partial charge on any atom is 0.267 e. The molecule has 6 heteroatoms. The number of H-pyrrole nitrogens is 1. The number of anilines is 1. The molecule has 176 valence electrons. The van der Waals surface area contributed by atoms with Gasteiger partial charge in [0.2, 0.25) is 0 Å². The second kappa shape index (κ2) is 10.5. The predicted molar refractivity (Wildman–Crippen MR) is 139 cm³/mol. The molecule has 0 bridgehead atoms. The van der Waals surface area contributed by atoms with Crippen molar-refractivity contribution in [3.05, 3.63) is 77.1 Å². The monoisotopic (exact) mass is 456 g/mol. The molecule has 2 heterocycles. The second-order valence-corrected chi connectivity index (χ2v) is 8.56. The summed E-state index contributed by atoms with van der Waals surface area (Å²) in [4.78, 5) is 30.9. The number of rotatable bonds is 9. The van der Waals surface area contributed by atoms with Crippen molar-refractivity contribution in [2.24, 2.45) is 0 Å². The molecule has 1 aliphatic rings. The van der Waals surface area contributed by atoms with Crippen LogP contribution in [0.4, 0.5) is 5.69 Å². The zero-order valence-electron chi connectivity index (χ0n) is 20.1. The first kappa shape index (κ1) is 23.5. The quantitative estimate of drug-likeness (QED) is 0.315. The first-order valence-corrected chi connectivity index (χ1v) is 11.9. The Morgan fingerprint density at radius 1 is 1.03 bits per heavy atom.